The average Bonchev–Trinajstić information content (AvgIpc) is 2.41. The maximum absolute atomic E-state index is 11.1. The Kier molecular flexibility index (Phi) is 4.09. The molecule has 2 N–H and O–H groups in total. The molecule has 0 unspecified atom stereocenters. The van der Waals surface area contributed by atoms with E-state index in [0.717, 1.165) is 11.6 Å². The summed E-state index contributed by atoms with van der Waals surface area (Å²) in [5.74, 6) is -1.22. The van der Waals surface area contributed by atoms with Gasteiger partial charge in [0.2, 0.25) is 0 Å². The zero-order valence-corrected chi connectivity index (χ0v) is 11.7. The normalized spacial score (nSPS) is 10.2. The Hall–Kier alpha value is -2.60. The molecular weight excluding hydrogens is 296 g/mol. The third-order valence-electron chi connectivity index (χ3n) is 2.90. The standard InChI is InChI=1S/C14H11ClN2O4/c1-8-6-10(15)3-5-11(8)16-12-4-2-9(14(18)19)7-13(12)17(20)21/h2-7,16H,1H3,(H,18,19). The van der Waals surface area contributed by atoms with Crippen LogP contribution in [0.2, 0.25) is 5.02 Å². The van der Waals surface area contributed by atoms with Gasteiger partial charge >= 0.3 is 5.97 Å². The third-order valence-corrected chi connectivity index (χ3v) is 3.13. The molecule has 0 saturated heterocycles. The molecule has 0 amide bonds. The predicted octanol–water partition coefficient (Wildman–Crippen LogP) is 4.00. The van der Waals surface area contributed by atoms with Crippen molar-refractivity contribution < 1.29 is 14.8 Å². The molecule has 0 heterocycles. The Bertz CT molecular complexity index is 731. The van der Waals surface area contributed by atoms with Gasteiger partial charge in [-0.2, -0.15) is 0 Å². The van der Waals surface area contributed by atoms with Crippen LogP contribution in [0.5, 0.6) is 0 Å². The number of hydrogen-bond acceptors (Lipinski definition) is 4. The fourth-order valence-electron chi connectivity index (χ4n) is 1.83. The summed E-state index contributed by atoms with van der Waals surface area (Å²) >= 11 is 5.86. The first-order chi connectivity index (χ1) is 9.88. The van der Waals surface area contributed by atoms with Crippen molar-refractivity contribution in [2.24, 2.45) is 0 Å². The van der Waals surface area contributed by atoms with Crippen LogP contribution in [0.3, 0.4) is 0 Å². The molecule has 21 heavy (non-hydrogen) atoms. The van der Waals surface area contributed by atoms with Crippen LogP contribution in [0, 0.1) is 17.0 Å². The molecule has 2 aromatic rings. The van der Waals surface area contributed by atoms with Crippen LogP contribution in [0.15, 0.2) is 36.4 Å². The molecule has 0 spiro atoms. The summed E-state index contributed by atoms with van der Waals surface area (Å²) in [6.07, 6.45) is 0. The second-order valence-electron chi connectivity index (χ2n) is 4.38. The minimum atomic E-state index is -1.22. The van der Waals surface area contributed by atoms with Gasteiger partial charge in [0.05, 0.1) is 10.5 Å². The Morgan fingerprint density at radius 2 is 1.90 bits per heavy atom. The smallest absolute Gasteiger partial charge is 0.335 e. The first-order valence-corrected chi connectivity index (χ1v) is 6.31. The number of nitro benzene ring substituents is 1. The number of hydrogen-bond donors (Lipinski definition) is 2. The van der Waals surface area contributed by atoms with Crippen molar-refractivity contribution in [3.63, 3.8) is 0 Å². The fourth-order valence-corrected chi connectivity index (χ4v) is 2.06. The number of aromatic carboxylic acids is 1. The topological polar surface area (TPSA) is 92.5 Å². The summed E-state index contributed by atoms with van der Waals surface area (Å²) in [7, 11) is 0. The molecule has 0 aliphatic rings. The molecule has 0 radical (unpaired) electrons. The monoisotopic (exact) mass is 306 g/mol. The highest BCUT2D eigenvalue weighted by Crippen LogP contribution is 2.30. The van der Waals surface area contributed by atoms with Crippen molar-refractivity contribution in [1.29, 1.82) is 0 Å². The van der Waals surface area contributed by atoms with Crippen LogP contribution < -0.4 is 5.32 Å². The van der Waals surface area contributed by atoms with Crippen molar-refractivity contribution in [2.45, 2.75) is 6.92 Å². The molecular formula is C14H11ClN2O4. The highest BCUT2D eigenvalue weighted by Gasteiger charge is 2.17. The predicted molar refractivity (Wildman–Crippen MR) is 79.5 cm³/mol. The minimum absolute atomic E-state index is 0.139. The van der Waals surface area contributed by atoms with E-state index in [4.69, 9.17) is 16.7 Å². The Morgan fingerprint density at radius 1 is 1.24 bits per heavy atom. The summed E-state index contributed by atoms with van der Waals surface area (Å²) in [5.41, 5.74) is 1.25. The highest BCUT2D eigenvalue weighted by atomic mass is 35.5. The first-order valence-electron chi connectivity index (χ1n) is 5.93. The van der Waals surface area contributed by atoms with Crippen LogP contribution in [0.4, 0.5) is 17.1 Å². The van der Waals surface area contributed by atoms with Crippen molar-refractivity contribution in [3.8, 4) is 0 Å². The summed E-state index contributed by atoms with van der Waals surface area (Å²) < 4.78 is 0. The van der Waals surface area contributed by atoms with E-state index in [0.29, 0.717) is 10.7 Å². The van der Waals surface area contributed by atoms with Gasteiger partial charge in [-0.25, -0.2) is 4.79 Å². The number of nitro groups is 1. The number of rotatable bonds is 4. The van der Waals surface area contributed by atoms with Crippen molar-refractivity contribution in [2.75, 3.05) is 5.32 Å². The molecule has 0 aromatic heterocycles. The molecule has 0 aliphatic heterocycles. The minimum Gasteiger partial charge on any atom is -0.478 e. The first kappa shape index (κ1) is 14.8. The van der Waals surface area contributed by atoms with E-state index in [1.807, 2.05) is 6.92 Å². The summed E-state index contributed by atoms with van der Waals surface area (Å²) in [6.45, 7) is 1.81. The number of carbonyl (C=O) groups is 1. The van der Waals surface area contributed by atoms with Gasteiger partial charge < -0.3 is 10.4 Å². The van der Waals surface area contributed by atoms with E-state index in [-0.39, 0.29) is 16.9 Å². The Morgan fingerprint density at radius 3 is 2.48 bits per heavy atom. The van der Waals surface area contributed by atoms with Gasteiger partial charge in [0.25, 0.3) is 5.69 Å². The van der Waals surface area contributed by atoms with Crippen molar-refractivity contribution in [3.05, 3.63) is 62.7 Å². The number of halogens is 1. The van der Waals surface area contributed by atoms with E-state index >= 15 is 0 Å². The van der Waals surface area contributed by atoms with Gasteiger partial charge in [-0.1, -0.05) is 11.6 Å². The molecule has 6 nitrogen and oxygen atoms in total. The van der Waals surface area contributed by atoms with Gasteiger partial charge in [-0.05, 0) is 42.8 Å². The molecule has 0 saturated carbocycles. The molecule has 0 atom stereocenters. The average molecular weight is 307 g/mol. The third kappa shape index (κ3) is 3.29. The lowest BCUT2D eigenvalue weighted by Gasteiger charge is -2.10. The fraction of sp³-hybridized carbons (Fsp3) is 0.0714. The lowest BCUT2D eigenvalue weighted by Crippen LogP contribution is -2.02. The highest BCUT2D eigenvalue weighted by molar-refractivity contribution is 6.30. The van der Waals surface area contributed by atoms with Crippen molar-refractivity contribution >= 4 is 34.6 Å². The van der Waals surface area contributed by atoms with E-state index in [1.54, 1.807) is 18.2 Å². The quantitative estimate of drug-likeness (QED) is 0.658. The van der Waals surface area contributed by atoms with Gasteiger partial charge in [0, 0.05) is 16.8 Å². The number of nitrogens with one attached hydrogen (secondary N) is 1. The van der Waals surface area contributed by atoms with Gasteiger partial charge in [-0.15, -0.1) is 0 Å². The van der Waals surface area contributed by atoms with Crippen LogP contribution in [0.1, 0.15) is 15.9 Å². The van der Waals surface area contributed by atoms with E-state index in [9.17, 15) is 14.9 Å². The molecule has 2 rings (SSSR count). The molecule has 0 fully saturated rings. The lowest BCUT2D eigenvalue weighted by atomic mass is 10.1. The van der Waals surface area contributed by atoms with Crippen LogP contribution in [-0.2, 0) is 0 Å². The maximum Gasteiger partial charge on any atom is 0.335 e. The maximum atomic E-state index is 11.1. The van der Waals surface area contributed by atoms with Gasteiger partial charge in [0.1, 0.15) is 5.69 Å². The zero-order valence-electron chi connectivity index (χ0n) is 11.0. The largest absolute Gasteiger partial charge is 0.478 e. The number of aryl methyl sites for hydroxylation is 1. The van der Waals surface area contributed by atoms with E-state index in [2.05, 4.69) is 5.32 Å². The van der Waals surface area contributed by atoms with Gasteiger partial charge in [-0.3, -0.25) is 10.1 Å². The number of anilines is 2. The summed E-state index contributed by atoms with van der Waals surface area (Å²) in [6, 6.07) is 8.79. The number of carboxylic acid groups (broad SMARTS) is 1. The van der Waals surface area contributed by atoms with Crippen molar-refractivity contribution in [1.82, 2.24) is 0 Å². The van der Waals surface area contributed by atoms with E-state index < -0.39 is 10.9 Å². The number of carboxylic acids is 1. The Balaban J connectivity index is 2.44. The number of nitrogens with zero attached hydrogens (tertiary/aromatic N) is 1. The van der Waals surface area contributed by atoms with Gasteiger partial charge in [0.15, 0.2) is 0 Å². The Labute approximate surface area is 125 Å². The van der Waals surface area contributed by atoms with Crippen LogP contribution in [-0.4, -0.2) is 16.0 Å². The van der Waals surface area contributed by atoms with E-state index in [1.165, 1.54) is 12.1 Å². The summed E-state index contributed by atoms with van der Waals surface area (Å²) in [5, 5.41) is 23.5. The molecule has 7 heteroatoms. The molecule has 108 valence electrons. The zero-order chi connectivity index (χ0) is 15.6. The van der Waals surface area contributed by atoms with Crippen LogP contribution in [0.25, 0.3) is 0 Å². The second kappa shape index (κ2) is 5.80. The lowest BCUT2D eigenvalue weighted by molar-refractivity contribution is -0.383. The SMILES string of the molecule is Cc1cc(Cl)ccc1Nc1ccc(C(=O)O)cc1[N+](=O)[O-]. The molecule has 2 aromatic carbocycles. The number of benzene rings is 2. The van der Waals surface area contributed by atoms with Crippen LogP contribution >= 0.6 is 11.6 Å². The molecule has 0 aliphatic carbocycles. The summed E-state index contributed by atoms with van der Waals surface area (Å²) in [4.78, 5) is 21.3. The second-order valence-corrected chi connectivity index (χ2v) is 4.81. The molecule has 0 bridgehead atoms.